The van der Waals surface area contributed by atoms with E-state index in [9.17, 15) is 4.79 Å². The van der Waals surface area contributed by atoms with Crippen LogP contribution in [0.25, 0.3) is 0 Å². The van der Waals surface area contributed by atoms with Gasteiger partial charge in [-0.1, -0.05) is 13.3 Å². The van der Waals surface area contributed by atoms with Crippen LogP contribution in [0.3, 0.4) is 0 Å². The Kier molecular flexibility index (Phi) is 4.07. The molecule has 0 aliphatic carbocycles. The molecule has 1 aliphatic heterocycles. The maximum absolute atomic E-state index is 11.8. The fourth-order valence-electron chi connectivity index (χ4n) is 2.42. The molecule has 1 aliphatic rings. The Morgan fingerprint density at radius 2 is 2.33 bits per heavy atom. The van der Waals surface area contributed by atoms with Crippen LogP contribution in [0.2, 0.25) is 0 Å². The van der Waals surface area contributed by atoms with Crippen molar-refractivity contribution in [1.82, 2.24) is 9.78 Å². The molecule has 18 heavy (non-hydrogen) atoms. The molecule has 0 radical (unpaired) electrons. The minimum Gasteiger partial charge on any atom is -0.369 e. The molecule has 1 aromatic heterocycles. The number of hydrogen-bond acceptors (Lipinski definition) is 4. The molecule has 1 saturated heterocycles. The molecule has 1 fully saturated rings. The first-order chi connectivity index (χ1) is 8.54. The minimum atomic E-state index is -0.101. The monoisotopic (exact) mass is 314 g/mol. The van der Waals surface area contributed by atoms with Gasteiger partial charge in [0.15, 0.2) is 0 Å². The van der Waals surface area contributed by atoms with Crippen LogP contribution in [0.15, 0.2) is 15.5 Å². The summed E-state index contributed by atoms with van der Waals surface area (Å²) in [6.45, 7) is 3.93. The van der Waals surface area contributed by atoms with Crippen molar-refractivity contribution in [2.24, 2.45) is 18.7 Å². The average Bonchev–Trinajstić information content (AvgIpc) is 2.37. The van der Waals surface area contributed by atoms with Gasteiger partial charge >= 0.3 is 0 Å². The summed E-state index contributed by atoms with van der Waals surface area (Å²) in [5, 5.41) is 4.09. The highest BCUT2D eigenvalue weighted by atomic mass is 79.9. The lowest BCUT2D eigenvalue weighted by atomic mass is 9.90. The molecule has 2 N–H and O–H groups in total. The zero-order valence-corrected chi connectivity index (χ0v) is 12.4. The first kappa shape index (κ1) is 13.5. The molecule has 0 saturated carbocycles. The topological polar surface area (TPSA) is 64.2 Å². The maximum Gasteiger partial charge on any atom is 0.282 e. The molecule has 6 heteroatoms. The lowest BCUT2D eigenvalue weighted by molar-refractivity contribution is 0.347. The van der Waals surface area contributed by atoms with Crippen molar-refractivity contribution in [2.75, 3.05) is 18.0 Å². The van der Waals surface area contributed by atoms with Crippen LogP contribution in [0.4, 0.5) is 5.69 Å². The molecule has 0 spiro atoms. The van der Waals surface area contributed by atoms with Gasteiger partial charge in [-0.3, -0.25) is 4.79 Å². The molecular formula is C12H19BrN4O. The van der Waals surface area contributed by atoms with Gasteiger partial charge in [-0.2, -0.15) is 5.10 Å². The van der Waals surface area contributed by atoms with Gasteiger partial charge in [0.25, 0.3) is 5.56 Å². The summed E-state index contributed by atoms with van der Waals surface area (Å²) < 4.78 is 1.92. The van der Waals surface area contributed by atoms with Gasteiger partial charge in [-0.25, -0.2) is 4.68 Å². The van der Waals surface area contributed by atoms with Gasteiger partial charge in [-0.15, -0.1) is 0 Å². The quantitative estimate of drug-likeness (QED) is 0.888. The van der Waals surface area contributed by atoms with E-state index in [0.717, 1.165) is 31.6 Å². The van der Waals surface area contributed by atoms with E-state index in [2.05, 4.69) is 32.9 Å². The summed E-state index contributed by atoms with van der Waals surface area (Å²) in [5.74, 6) is 0.481. The van der Waals surface area contributed by atoms with E-state index in [1.54, 1.807) is 13.2 Å². The lowest BCUT2D eigenvalue weighted by Crippen LogP contribution is -2.47. The predicted octanol–water partition coefficient (Wildman–Crippen LogP) is 1.11. The highest BCUT2D eigenvalue weighted by Crippen LogP contribution is 2.27. The fraction of sp³-hybridized carbons (Fsp3) is 0.667. The second-order valence-electron chi connectivity index (χ2n) is 4.84. The van der Waals surface area contributed by atoms with Gasteiger partial charge in [0.1, 0.15) is 4.47 Å². The minimum absolute atomic E-state index is 0.101. The van der Waals surface area contributed by atoms with Crippen LogP contribution in [0.1, 0.15) is 19.8 Å². The van der Waals surface area contributed by atoms with Crippen LogP contribution < -0.4 is 16.2 Å². The molecule has 0 bridgehead atoms. The second-order valence-corrected chi connectivity index (χ2v) is 5.63. The van der Waals surface area contributed by atoms with Gasteiger partial charge in [-0.05, 0) is 28.3 Å². The van der Waals surface area contributed by atoms with E-state index in [4.69, 9.17) is 5.73 Å². The van der Waals surface area contributed by atoms with Crippen molar-refractivity contribution in [1.29, 1.82) is 0 Å². The van der Waals surface area contributed by atoms with Crippen LogP contribution in [0, 0.1) is 5.92 Å². The standard InChI is InChI=1S/C12H19BrN4O/c1-3-8-7-17(5-4-9(8)14)10-6-15-16(2)12(18)11(10)13/h6,8-9H,3-5,7,14H2,1-2H3. The molecule has 1 aromatic rings. The second kappa shape index (κ2) is 5.40. The third-order valence-electron chi connectivity index (χ3n) is 3.72. The van der Waals surface area contributed by atoms with E-state index >= 15 is 0 Å². The van der Waals surface area contributed by atoms with Crippen molar-refractivity contribution >= 4 is 21.6 Å². The van der Waals surface area contributed by atoms with E-state index in [1.807, 2.05) is 0 Å². The summed E-state index contributed by atoms with van der Waals surface area (Å²) in [5.41, 5.74) is 6.88. The number of nitrogens with two attached hydrogens (primary N) is 1. The molecule has 0 aromatic carbocycles. The number of piperidine rings is 1. The maximum atomic E-state index is 11.8. The zero-order chi connectivity index (χ0) is 13.3. The summed E-state index contributed by atoms with van der Waals surface area (Å²) in [6, 6.07) is 0.268. The van der Waals surface area contributed by atoms with Crippen LogP contribution in [-0.2, 0) is 7.05 Å². The Balaban J connectivity index is 2.27. The lowest BCUT2D eigenvalue weighted by Gasteiger charge is -2.38. The third kappa shape index (κ3) is 2.44. The van der Waals surface area contributed by atoms with E-state index in [-0.39, 0.29) is 11.6 Å². The molecule has 5 nitrogen and oxygen atoms in total. The Bertz CT molecular complexity index is 487. The van der Waals surface area contributed by atoms with Crippen molar-refractivity contribution in [3.05, 3.63) is 21.0 Å². The van der Waals surface area contributed by atoms with Crippen molar-refractivity contribution in [3.63, 3.8) is 0 Å². The Morgan fingerprint density at radius 1 is 1.61 bits per heavy atom. The highest BCUT2D eigenvalue weighted by molar-refractivity contribution is 9.10. The molecule has 2 atom stereocenters. The van der Waals surface area contributed by atoms with Crippen LogP contribution >= 0.6 is 15.9 Å². The largest absolute Gasteiger partial charge is 0.369 e. The number of hydrogen-bond donors (Lipinski definition) is 1. The predicted molar refractivity (Wildman–Crippen MR) is 75.8 cm³/mol. The summed E-state index contributed by atoms with van der Waals surface area (Å²) >= 11 is 3.38. The SMILES string of the molecule is CCC1CN(c2cnn(C)c(=O)c2Br)CCC1N. The third-order valence-corrected chi connectivity index (χ3v) is 4.46. The van der Waals surface area contributed by atoms with Gasteiger partial charge in [0.05, 0.1) is 11.9 Å². The fourth-order valence-corrected chi connectivity index (χ4v) is 3.03. The van der Waals surface area contributed by atoms with Crippen LogP contribution in [-0.4, -0.2) is 28.9 Å². The number of aromatic nitrogens is 2. The van der Waals surface area contributed by atoms with E-state index < -0.39 is 0 Å². The zero-order valence-electron chi connectivity index (χ0n) is 10.8. The normalized spacial score (nSPS) is 24.3. The molecule has 2 rings (SSSR count). The van der Waals surface area contributed by atoms with Crippen molar-refractivity contribution < 1.29 is 0 Å². The van der Waals surface area contributed by atoms with Crippen molar-refractivity contribution in [2.45, 2.75) is 25.8 Å². The number of anilines is 1. The van der Waals surface area contributed by atoms with Crippen LogP contribution in [0.5, 0.6) is 0 Å². The molecule has 2 heterocycles. The Morgan fingerprint density at radius 3 is 3.00 bits per heavy atom. The smallest absolute Gasteiger partial charge is 0.282 e. The van der Waals surface area contributed by atoms with Gasteiger partial charge in [0, 0.05) is 26.2 Å². The highest BCUT2D eigenvalue weighted by Gasteiger charge is 2.27. The van der Waals surface area contributed by atoms with E-state index in [1.165, 1.54) is 4.68 Å². The first-order valence-corrected chi connectivity index (χ1v) is 7.06. The summed E-state index contributed by atoms with van der Waals surface area (Å²) in [7, 11) is 1.65. The number of rotatable bonds is 2. The molecule has 100 valence electrons. The number of halogens is 1. The molecule has 0 amide bonds. The van der Waals surface area contributed by atoms with Gasteiger partial charge in [0.2, 0.25) is 0 Å². The molecule has 2 unspecified atom stereocenters. The Hall–Kier alpha value is -0.880. The average molecular weight is 315 g/mol. The number of aryl methyl sites for hydroxylation is 1. The first-order valence-electron chi connectivity index (χ1n) is 6.27. The molecular weight excluding hydrogens is 296 g/mol. The van der Waals surface area contributed by atoms with E-state index in [0.29, 0.717) is 10.4 Å². The summed E-state index contributed by atoms with van der Waals surface area (Å²) in [6.07, 6.45) is 3.77. The Labute approximate surface area is 115 Å². The summed E-state index contributed by atoms with van der Waals surface area (Å²) in [4.78, 5) is 14.1. The van der Waals surface area contributed by atoms with Gasteiger partial charge < -0.3 is 10.6 Å². The van der Waals surface area contributed by atoms with Crippen molar-refractivity contribution in [3.8, 4) is 0 Å². The number of nitrogens with zero attached hydrogens (tertiary/aromatic N) is 3.